The fourth-order valence-electron chi connectivity index (χ4n) is 1.92. The van der Waals surface area contributed by atoms with Crippen LogP contribution >= 0.6 is 15.9 Å². The molecule has 0 spiro atoms. The molecule has 130 valence electrons. The summed E-state index contributed by atoms with van der Waals surface area (Å²) in [4.78, 5) is 23.7. The number of halogens is 1. The van der Waals surface area contributed by atoms with Crippen molar-refractivity contribution in [1.82, 2.24) is 10.7 Å². The van der Waals surface area contributed by atoms with E-state index >= 15 is 0 Å². The maximum atomic E-state index is 12.0. The van der Waals surface area contributed by atoms with Crippen molar-refractivity contribution in [3.63, 3.8) is 0 Å². The number of aromatic hydroxyl groups is 1. The SMILES string of the molecule is COc1cccc(/C=N/NC(=O)CNC(=O)c2ccccc2Br)c1O. The number of nitrogens with zero attached hydrogens (tertiary/aromatic N) is 1. The van der Waals surface area contributed by atoms with Crippen LogP contribution in [0.4, 0.5) is 0 Å². The van der Waals surface area contributed by atoms with Crippen LogP contribution in [-0.2, 0) is 4.79 Å². The molecule has 0 radical (unpaired) electrons. The van der Waals surface area contributed by atoms with Crippen molar-refractivity contribution in [2.45, 2.75) is 0 Å². The third-order valence-corrected chi connectivity index (χ3v) is 3.86. The van der Waals surface area contributed by atoms with Crippen LogP contribution in [0.3, 0.4) is 0 Å². The van der Waals surface area contributed by atoms with Crippen LogP contribution in [0.2, 0.25) is 0 Å². The number of hydrogen-bond acceptors (Lipinski definition) is 5. The van der Waals surface area contributed by atoms with Crippen LogP contribution in [0.5, 0.6) is 11.5 Å². The highest BCUT2D eigenvalue weighted by atomic mass is 79.9. The molecular weight excluding hydrogens is 390 g/mol. The standard InChI is InChI=1S/C17H16BrN3O4/c1-25-14-8-4-5-11(16(14)23)9-20-21-15(22)10-19-17(24)12-6-2-3-7-13(12)18/h2-9,23H,10H2,1H3,(H,19,24)(H,21,22)/b20-9+. The molecule has 0 fully saturated rings. The van der Waals surface area contributed by atoms with Gasteiger partial charge in [0.15, 0.2) is 11.5 Å². The Kier molecular flexibility index (Phi) is 6.53. The van der Waals surface area contributed by atoms with Crippen LogP contribution in [0, 0.1) is 0 Å². The number of carbonyl (C=O) groups excluding carboxylic acids is 2. The van der Waals surface area contributed by atoms with Crippen molar-refractivity contribution in [2.24, 2.45) is 5.10 Å². The van der Waals surface area contributed by atoms with Gasteiger partial charge in [0.25, 0.3) is 11.8 Å². The molecule has 0 atom stereocenters. The van der Waals surface area contributed by atoms with Crippen LogP contribution in [0.15, 0.2) is 52.0 Å². The summed E-state index contributed by atoms with van der Waals surface area (Å²) in [6, 6.07) is 11.8. The van der Waals surface area contributed by atoms with Gasteiger partial charge in [-0.3, -0.25) is 9.59 Å². The monoisotopic (exact) mass is 405 g/mol. The molecule has 0 heterocycles. The summed E-state index contributed by atoms with van der Waals surface area (Å²) in [5.41, 5.74) is 3.09. The Morgan fingerprint density at radius 1 is 1.24 bits per heavy atom. The van der Waals surface area contributed by atoms with E-state index in [1.54, 1.807) is 42.5 Å². The van der Waals surface area contributed by atoms with Crippen LogP contribution < -0.4 is 15.5 Å². The number of phenolic OH excluding ortho intramolecular Hbond substituents is 1. The van der Waals surface area contributed by atoms with Crippen molar-refractivity contribution >= 4 is 34.0 Å². The fourth-order valence-corrected chi connectivity index (χ4v) is 2.39. The number of carbonyl (C=O) groups is 2. The maximum absolute atomic E-state index is 12.0. The quantitative estimate of drug-likeness (QED) is 0.505. The zero-order valence-electron chi connectivity index (χ0n) is 13.3. The summed E-state index contributed by atoms with van der Waals surface area (Å²) < 4.78 is 5.62. The van der Waals surface area contributed by atoms with E-state index in [0.717, 1.165) is 0 Å². The maximum Gasteiger partial charge on any atom is 0.259 e. The fraction of sp³-hybridized carbons (Fsp3) is 0.118. The Hall–Kier alpha value is -2.87. The minimum Gasteiger partial charge on any atom is -0.504 e. The molecule has 0 saturated carbocycles. The third kappa shape index (κ3) is 5.05. The molecule has 8 heteroatoms. The first-order valence-corrected chi connectivity index (χ1v) is 8.03. The average molecular weight is 406 g/mol. The summed E-state index contributed by atoms with van der Waals surface area (Å²) in [6.07, 6.45) is 1.28. The van der Waals surface area contributed by atoms with Gasteiger partial charge in [-0.25, -0.2) is 5.43 Å². The lowest BCUT2D eigenvalue weighted by Gasteiger charge is -2.06. The van der Waals surface area contributed by atoms with E-state index in [0.29, 0.717) is 21.3 Å². The van der Waals surface area contributed by atoms with E-state index in [9.17, 15) is 14.7 Å². The Morgan fingerprint density at radius 3 is 2.72 bits per heavy atom. The number of benzene rings is 2. The molecule has 0 saturated heterocycles. The summed E-state index contributed by atoms with van der Waals surface area (Å²) in [5.74, 6) is -0.655. The number of hydrogen-bond donors (Lipinski definition) is 3. The predicted octanol–water partition coefficient (Wildman–Crippen LogP) is 2.04. The first-order valence-electron chi connectivity index (χ1n) is 7.23. The molecule has 2 rings (SSSR count). The molecule has 7 nitrogen and oxygen atoms in total. The Balaban J connectivity index is 1.87. The zero-order valence-corrected chi connectivity index (χ0v) is 14.9. The van der Waals surface area contributed by atoms with Gasteiger partial charge in [-0.1, -0.05) is 18.2 Å². The van der Waals surface area contributed by atoms with Gasteiger partial charge in [-0.2, -0.15) is 5.10 Å². The van der Waals surface area contributed by atoms with Gasteiger partial charge in [-0.05, 0) is 40.2 Å². The van der Waals surface area contributed by atoms with Crippen molar-refractivity contribution in [1.29, 1.82) is 0 Å². The molecule has 3 N–H and O–H groups in total. The summed E-state index contributed by atoms with van der Waals surface area (Å²) in [6.45, 7) is -0.235. The first-order chi connectivity index (χ1) is 12.0. The van der Waals surface area contributed by atoms with Gasteiger partial charge in [0.2, 0.25) is 0 Å². The van der Waals surface area contributed by atoms with Gasteiger partial charge in [0, 0.05) is 10.0 Å². The molecule has 0 bridgehead atoms. The highest BCUT2D eigenvalue weighted by Crippen LogP contribution is 2.27. The van der Waals surface area contributed by atoms with E-state index in [4.69, 9.17) is 4.74 Å². The number of phenols is 1. The molecular formula is C17H16BrN3O4. The van der Waals surface area contributed by atoms with Crippen LogP contribution in [0.25, 0.3) is 0 Å². The van der Waals surface area contributed by atoms with E-state index in [1.165, 1.54) is 13.3 Å². The minimum absolute atomic E-state index is 0.0785. The molecule has 0 aromatic heterocycles. The van der Waals surface area contributed by atoms with E-state index in [1.807, 2.05) is 0 Å². The molecule has 2 aromatic carbocycles. The largest absolute Gasteiger partial charge is 0.504 e. The number of amides is 2. The highest BCUT2D eigenvalue weighted by Gasteiger charge is 2.10. The van der Waals surface area contributed by atoms with Gasteiger partial charge in [0.1, 0.15) is 0 Å². The minimum atomic E-state index is -0.501. The molecule has 0 aliphatic heterocycles. The summed E-state index contributed by atoms with van der Waals surface area (Å²) >= 11 is 3.27. The smallest absolute Gasteiger partial charge is 0.259 e. The van der Waals surface area contributed by atoms with E-state index < -0.39 is 5.91 Å². The molecule has 0 aliphatic rings. The second-order valence-electron chi connectivity index (χ2n) is 4.85. The number of para-hydroxylation sites is 1. The molecule has 0 unspecified atom stereocenters. The number of hydrazone groups is 1. The molecule has 0 aliphatic carbocycles. The van der Waals surface area contributed by atoms with Crippen LogP contribution in [-0.4, -0.2) is 36.8 Å². The van der Waals surface area contributed by atoms with Gasteiger partial charge < -0.3 is 15.2 Å². The molecule has 2 aromatic rings. The summed E-state index contributed by atoms with van der Waals surface area (Å²) in [7, 11) is 1.44. The Morgan fingerprint density at radius 2 is 2.00 bits per heavy atom. The summed E-state index contributed by atoms with van der Waals surface area (Å²) in [5, 5.41) is 16.1. The Labute approximate surface area is 152 Å². The van der Waals surface area contributed by atoms with Crippen molar-refractivity contribution in [3.8, 4) is 11.5 Å². The topological polar surface area (TPSA) is 100 Å². The predicted molar refractivity (Wildman–Crippen MR) is 96.9 cm³/mol. The lowest BCUT2D eigenvalue weighted by Crippen LogP contribution is -2.35. The lowest BCUT2D eigenvalue weighted by molar-refractivity contribution is -0.120. The van der Waals surface area contributed by atoms with Crippen molar-refractivity contribution < 1.29 is 19.4 Å². The number of rotatable bonds is 6. The lowest BCUT2D eigenvalue weighted by atomic mass is 10.2. The first kappa shape index (κ1) is 18.5. The van der Waals surface area contributed by atoms with Gasteiger partial charge in [-0.15, -0.1) is 0 Å². The Bertz CT molecular complexity index is 808. The highest BCUT2D eigenvalue weighted by molar-refractivity contribution is 9.10. The van der Waals surface area contributed by atoms with E-state index in [-0.39, 0.29) is 18.2 Å². The van der Waals surface area contributed by atoms with Crippen molar-refractivity contribution in [3.05, 3.63) is 58.1 Å². The third-order valence-electron chi connectivity index (χ3n) is 3.17. The molecule has 2 amide bonds. The number of methoxy groups -OCH3 is 1. The van der Waals surface area contributed by atoms with E-state index in [2.05, 4.69) is 31.8 Å². The number of ether oxygens (including phenoxy) is 1. The average Bonchev–Trinajstić information content (AvgIpc) is 2.61. The van der Waals surface area contributed by atoms with Gasteiger partial charge in [0.05, 0.1) is 25.4 Å². The number of nitrogens with one attached hydrogen (secondary N) is 2. The normalized spacial score (nSPS) is 10.5. The second kappa shape index (κ2) is 8.84. The van der Waals surface area contributed by atoms with Crippen LogP contribution in [0.1, 0.15) is 15.9 Å². The second-order valence-corrected chi connectivity index (χ2v) is 5.71. The molecule has 25 heavy (non-hydrogen) atoms. The van der Waals surface area contributed by atoms with Gasteiger partial charge >= 0.3 is 0 Å². The van der Waals surface area contributed by atoms with Crippen molar-refractivity contribution in [2.75, 3.05) is 13.7 Å². The zero-order chi connectivity index (χ0) is 18.2.